The molecule has 2 aromatic heterocycles. The highest BCUT2D eigenvalue weighted by atomic mass is 35.5. The van der Waals surface area contributed by atoms with Crippen LogP contribution in [0.1, 0.15) is 25.7 Å². The van der Waals surface area contributed by atoms with E-state index in [1.165, 1.54) is 35.0 Å². The summed E-state index contributed by atoms with van der Waals surface area (Å²) in [7, 11) is 0.317. The van der Waals surface area contributed by atoms with Gasteiger partial charge in [-0.15, -0.1) is 0 Å². The van der Waals surface area contributed by atoms with Crippen LogP contribution in [0.2, 0.25) is 5.02 Å². The van der Waals surface area contributed by atoms with E-state index < -0.39 is 15.6 Å². The van der Waals surface area contributed by atoms with Gasteiger partial charge in [0.15, 0.2) is 0 Å². The Bertz CT molecular complexity index is 1630. The average molecular weight is 553 g/mol. The van der Waals surface area contributed by atoms with Crippen molar-refractivity contribution < 1.29 is 8.42 Å². The molecule has 0 amide bonds. The number of sulfonamides is 1. The molecule has 2 heterocycles. The normalized spacial score (nSPS) is 18.0. The summed E-state index contributed by atoms with van der Waals surface area (Å²) in [6.07, 6.45) is 7.73. The van der Waals surface area contributed by atoms with E-state index in [0.717, 1.165) is 36.6 Å². The SMILES string of the molecule is CN(C)C1CCC(Nc2ncc3cc(-n4ccc(NS(=O)(=O)c5ccccc5Cl)cc4=O)ccc3n2)CC1. The number of benzene rings is 2. The first-order chi connectivity index (χ1) is 18.2. The fourth-order valence-electron chi connectivity index (χ4n) is 4.79. The maximum atomic E-state index is 12.9. The number of anilines is 2. The van der Waals surface area contributed by atoms with Gasteiger partial charge in [-0.2, -0.15) is 0 Å². The predicted octanol–water partition coefficient (Wildman–Crippen LogP) is 4.52. The summed E-state index contributed by atoms with van der Waals surface area (Å²) >= 11 is 6.03. The number of nitrogens with zero attached hydrogens (tertiary/aromatic N) is 4. The molecule has 5 rings (SSSR count). The lowest BCUT2D eigenvalue weighted by atomic mass is 9.91. The van der Waals surface area contributed by atoms with E-state index >= 15 is 0 Å². The molecule has 198 valence electrons. The molecular weight excluding hydrogens is 524 g/mol. The maximum absolute atomic E-state index is 12.9. The summed E-state index contributed by atoms with van der Waals surface area (Å²) in [5.41, 5.74) is 1.14. The molecule has 4 aromatic rings. The first-order valence-electron chi connectivity index (χ1n) is 12.4. The van der Waals surface area contributed by atoms with Gasteiger partial charge < -0.3 is 10.2 Å². The summed E-state index contributed by atoms with van der Waals surface area (Å²) in [6.45, 7) is 0. The van der Waals surface area contributed by atoms with Crippen LogP contribution in [0.3, 0.4) is 0 Å². The summed E-state index contributed by atoms with van der Waals surface area (Å²) < 4.78 is 29.3. The first kappa shape index (κ1) is 26.1. The van der Waals surface area contributed by atoms with Crippen LogP contribution >= 0.6 is 11.6 Å². The Labute approximate surface area is 226 Å². The van der Waals surface area contributed by atoms with Crippen molar-refractivity contribution in [1.29, 1.82) is 0 Å². The second kappa shape index (κ2) is 10.7. The van der Waals surface area contributed by atoms with Gasteiger partial charge in [0.1, 0.15) is 4.90 Å². The van der Waals surface area contributed by atoms with Crippen molar-refractivity contribution in [3.8, 4) is 5.69 Å². The highest BCUT2D eigenvalue weighted by Crippen LogP contribution is 2.25. The standard InChI is InChI=1S/C27H29ClN6O3S/c1-33(2)21-9-7-19(8-10-21)30-27-29-17-18-15-22(11-12-24(18)31-27)34-14-13-20(16-26(34)35)32-38(36,37)25-6-4-3-5-23(25)28/h3-6,11-17,19,21,32H,7-10H2,1-2H3,(H,29,30,31). The highest BCUT2D eigenvalue weighted by Gasteiger charge is 2.23. The third kappa shape index (κ3) is 5.67. The molecule has 0 saturated heterocycles. The van der Waals surface area contributed by atoms with Gasteiger partial charge in [0.2, 0.25) is 5.95 Å². The van der Waals surface area contributed by atoms with Crippen LogP contribution in [0, 0.1) is 0 Å². The Morgan fingerprint density at radius 3 is 2.50 bits per heavy atom. The maximum Gasteiger partial charge on any atom is 0.263 e. The molecule has 1 aliphatic carbocycles. The third-order valence-corrected chi connectivity index (χ3v) is 8.78. The summed E-state index contributed by atoms with van der Waals surface area (Å²) in [4.78, 5) is 24.3. The van der Waals surface area contributed by atoms with Crippen molar-refractivity contribution in [3.05, 3.63) is 82.4 Å². The molecule has 38 heavy (non-hydrogen) atoms. The van der Waals surface area contributed by atoms with Crippen LogP contribution in [0.25, 0.3) is 16.6 Å². The second-order valence-corrected chi connectivity index (χ2v) is 11.8. The molecule has 11 heteroatoms. The Balaban J connectivity index is 1.31. The molecular formula is C27H29ClN6O3S. The largest absolute Gasteiger partial charge is 0.351 e. The van der Waals surface area contributed by atoms with E-state index in [1.54, 1.807) is 24.4 Å². The van der Waals surface area contributed by atoms with Gasteiger partial charge in [-0.25, -0.2) is 18.4 Å². The van der Waals surface area contributed by atoms with Gasteiger partial charge in [-0.1, -0.05) is 23.7 Å². The number of aromatic nitrogens is 3. The van der Waals surface area contributed by atoms with Crippen LogP contribution in [-0.2, 0) is 10.0 Å². The molecule has 0 aliphatic heterocycles. The minimum Gasteiger partial charge on any atom is -0.351 e. The number of fused-ring (bicyclic) bond motifs is 1. The number of rotatable bonds is 7. The highest BCUT2D eigenvalue weighted by molar-refractivity contribution is 7.92. The van der Waals surface area contributed by atoms with E-state index in [0.29, 0.717) is 23.7 Å². The number of halogens is 1. The molecule has 0 atom stereocenters. The van der Waals surface area contributed by atoms with Gasteiger partial charge in [-0.05, 0) is 76.2 Å². The Morgan fingerprint density at radius 2 is 1.79 bits per heavy atom. The van der Waals surface area contributed by atoms with E-state index in [-0.39, 0.29) is 15.6 Å². The van der Waals surface area contributed by atoms with E-state index in [4.69, 9.17) is 11.6 Å². The van der Waals surface area contributed by atoms with E-state index in [2.05, 4.69) is 39.0 Å². The quantitative estimate of drug-likeness (QED) is 0.347. The third-order valence-electron chi connectivity index (χ3n) is 6.90. The lowest BCUT2D eigenvalue weighted by Crippen LogP contribution is -2.36. The molecule has 0 unspecified atom stereocenters. The van der Waals surface area contributed by atoms with Crippen molar-refractivity contribution in [3.63, 3.8) is 0 Å². The molecule has 0 radical (unpaired) electrons. The van der Waals surface area contributed by atoms with Gasteiger partial charge in [-0.3, -0.25) is 14.1 Å². The molecule has 0 spiro atoms. The number of nitrogens with one attached hydrogen (secondary N) is 2. The summed E-state index contributed by atoms with van der Waals surface area (Å²) in [5.74, 6) is 0.603. The Morgan fingerprint density at radius 1 is 1.03 bits per heavy atom. The predicted molar refractivity (Wildman–Crippen MR) is 151 cm³/mol. The van der Waals surface area contributed by atoms with Gasteiger partial charge in [0, 0.05) is 41.6 Å². The molecule has 1 saturated carbocycles. The smallest absolute Gasteiger partial charge is 0.263 e. The van der Waals surface area contributed by atoms with Crippen LogP contribution in [0.15, 0.2) is 76.7 Å². The van der Waals surface area contributed by atoms with E-state index in [1.807, 2.05) is 12.1 Å². The van der Waals surface area contributed by atoms with Crippen LogP contribution in [0.5, 0.6) is 0 Å². The number of hydrogen-bond donors (Lipinski definition) is 2. The molecule has 1 aliphatic rings. The fourth-order valence-corrected chi connectivity index (χ4v) is 6.36. The van der Waals surface area contributed by atoms with Crippen LogP contribution in [0.4, 0.5) is 11.6 Å². The molecule has 1 fully saturated rings. The minimum atomic E-state index is -3.94. The lowest BCUT2D eigenvalue weighted by Gasteiger charge is -2.32. The zero-order chi connectivity index (χ0) is 26.9. The molecule has 9 nitrogen and oxygen atoms in total. The second-order valence-electron chi connectivity index (χ2n) is 9.71. The van der Waals surface area contributed by atoms with Crippen molar-refractivity contribution in [2.75, 3.05) is 24.1 Å². The zero-order valence-electron chi connectivity index (χ0n) is 21.1. The van der Waals surface area contributed by atoms with Crippen LogP contribution in [-0.4, -0.2) is 54.0 Å². The van der Waals surface area contributed by atoms with Crippen LogP contribution < -0.4 is 15.6 Å². The topological polar surface area (TPSA) is 109 Å². The van der Waals surface area contributed by atoms with Crippen molar-refractivity contribution in [1.82, 2.24) is 19.4 Å². The lowest BCUT2D eigenvalue weighted by molar-refractivity contribution is 0.221. The van der Waals surface area contributed by atoms with Gasteiger partial charge in [0.25, 0.3) is 15.6 Å². The van der Waals surface area contributed by atoms with E-state index in [9.17, 15) is 13.2 Å². The first-order valence-corrected chi connectivity index (χ1v) is 14.3. The summed E-state index contributed by atoms with van der Waals surface area (Å²) in [5, 5.41) is 4.36. The fraction of sp³-hybridized carbons (Fsp3) is 0.296. The van der Waals surface area contributed by atoms with Crippen molar-refractivity contribution in [2.24, 2.45) is 0 Å². The molecule has 2 N–H and O–H groups in total. The molecule has 2 aromatic carbocycles. The Hall–Kier alpha value is -3.47. The number of pyridine rings is 1. The number of hydrogen-bond acceptors (Lipinski definition) is 7. The summed E-state index contributed by atoms with van der Waals surface area (Å²) in [6, 6.07) is 15.3. The van der Waals surface area contributed by atoms with Gasteiger partial charge >= 0.3 is 0 Å². The minimum absolute atomic E-state index is 0.0597. The zero-order valence-corrected chi connectivity index (χ0v) is 22.7. The van der Waals surface area contributed by atoms with Gasteiger partial charge in [0.05, 0.1) is 16.2 Å². The van der Waals surface area contributed by atoms with Crippen molar-refractivity contribution >= 4 is 44.2 Å². The average Bonchev–Trinajstić information content (AvgIpc) is 2.89. The Kier molecular flexibility index (Phi) is 7.38. The molecule has 0 bridgehead atoms. The monoisotopic (exact) mass is 552 g/mol. The van der Waals surface area contributed by atoms with Crippen molar-refractivity contribution in [2.45, 2.75) is 42.7 Å².